The number of aromatic nitrogens is 1. The van der Waals surface area contributed by atoms with Gasteiger partial charge in [-0.15, -0.1) is 0 Å². The average molecular weight is 346 g/mol. The average Bonchev–Trinajstić information content (AvgIpc) is 2.77. The van der Waals surface area contributed by atoms with Crippen LogP contribution >= 0.6 is 0 Å². The molecule has 2 aromatic rings. The molecule has 7 nitrogen and oxygen atoms in total. The van der Waals surface area contributed by atoms with Crippen molar-refractivity contribution in [3.8, 4) is 0 Å². The molecule has 1 aliphatic heterocycles. The number of fused-ring (bicyclic) bond motifs is 1. The van der Waals surface area contributed by atoms with Crippen molar-refractivity contribution in [2.45, 2.75) is 18.4 Å². The van der Waals surface area contributed by atoms with Crippen LogP contribution in [0.15, 0.2) is 47.4 Å². The maximum Gasteiger partial charge on any atom is 0.356 e. The molecule has 0 saturated heterocycles. The van der Waals surface area contributed by atoms with Gasteiger partial charge in [0.25, 0.3) is 15.9 Å². The number of hydrogen-bond donors (Lipinski definition) is 0. The topological polar surface area (TPSA) is 93.6 Å². The van der Waals surface area contributed by atoms with Gasteiger partial charge in [0.05, 0.1) is 24.4 Å². The first-order valence-electron chi connectivity index (χ1n) is 7.24. The highest BCUT2D eigenvalue weighted by Gasteiger charge is 2.40. The second-order valence-electron chi connectivity index (χ2n) is 5.05. The summed E-state index contributed by atoms with van der Waals surface area (Å²) >= 11 is 0. The van der Waals surface area contributed by atoms with Gasteiger partial charge in [0, 0.05) is 0 Å². The monoisotopic (exact) mass is 346 g/mol. The molecular weight excluding hydrogens is 332 g/mol. The lowest BCUT2D eigenvalue weighted by molar-refractivity contribution is 0.0519. The zero-order valence-electron chi connectivity index (χ0n) is 12.8. The Morgan fingerprint density at radius 1 is 1.17 bits per heavy atom. The molecule has 2 heterocycles. The zero-order valence-corrected chi connectivity index (χ0v) is 13.6. The fourth-order valence-corrected chi connectivity index (χ4v) is 3.96. The lowest BCUT2D eigenvalue weighted by Crippen LogP contribution is -2.30. The highest BCUT2D eigenvalue weighted by atomic mass is 32.2. The highest BCUT2D eigenvalue weighted by molar-refractivity contribution is 7.90. The summed E-state index contributed by atoms with van der Waals surface area (Å²) in [5.41, 5.74) is 0.486. The number of benzene rings is 1. The first kappa shape index (κ1) is 16.1. The normalized spacial score (nSPS) is 15.2. The van der Waals surface area contributed by atoms with E-state index in [9.17, 15) is 18.0 Å². The number of nitrogens with zero attached hydrogens (tertiary/aromatic N) is 2. The number of amides is 1. The van der Waals surface area contributed by atoms with Crippen molar-refractivity contribution in [1.29, 1.82) is 0 Å². The van der Waals surface area contributed by atoms with Crippen LogP contribution in [0.4, 0.5) is 0 Å². The van der Waals surface area contributed by atoms with Crippen LogP contribution in [-0.4, -0.2) is 36.2 Å². The SMILES string of the molecule is CCOC(=O)c1cccc(CN2C(=O)c3ccccc3S2(=O)=O)n1. The van der Waals surface area contributed by atoms with E-state index in [1.807, 2.05) is 0 Å². The molecule has 0 bridgehead atoms. The highest BCUT2D eigenvalue weighted by Crippen LogP contribution is 2.30. The minimum atomic E-state index is -3.91. The van der Waals surface area contributed by atoms with Gasteiger partial charge in [-0.3, -0.25) is 4.79 Å². The molecule has 0 saturated carbocycles. The van der Waals surface area contributed by atoms with Crippen LogP contribution in [0.2, 0.25) is 0 Å². The Bertz CT molecular complexity index is 924. The molecule has 0 fully saturated rings. The van der Waals surface area contributed by atoms with Gasteiger partial charge in [0.2, 0.25) is 0 Å². The van der Waals surface area contributed by atoms with Crippen LogP contribution in [0.3, 0.4) is 0 Å². The molecule has 0 radical (unpaired) electrons. The molecule has 1 aromatic carbocycles. The van der Waals surface area contributed by atoms with Gasteiger partial charge in [-0.1, -0.05) is 18.2 Å². The lowest BCUT2D eigenvalue weighted by Gasteiger charge is -2.14. The van der Waals surface area contributed by atoms with Crippen molar-refractivity contribution in [3.05, 3.63) is 59.4 Å². The summed E-state index contributed by atoms with van der Waals surface area (Å²) < 4.78 is 30.6. The van der Waals surface area contributed by atoms with Gasteiger partial charge >= 0.3 is 5.97 Å². The summed E-state index contributed by atoms with van der Waals surface area (Å²) in [7, 11) is -3.91. The van der Waals surface area contributed by atoms with Crippen LogP contribution in [0.25, 0.3) is 0 Å². The van der Waals surface area contributed by atoms with E-state index in [1.54, 1.807) is 31.2 Å². The second-order valence-corrected chi connectivity index (χ2v) is 6.88. The van der Waals surface area contributed by atoms with E-state index >= 15 is 0 Å². The largest absolute Gasteiger partial charge is 0.461 e. The first-order valence-corrected chi connectivity index (χ1v) is 8.68. The molecule has 1 aromatic heterocycles. The summed E-state index contributed by atoms with van der Waals surface area (Å²) in [5, 5.41) is 0. The maximum atomic E-state index is 12.5. The Labute approximate surface area is 138 Å². The summed E-state index contributed by atoms with van der Waals surface area (Å²) in [6.07, 6.45) is 0. The maximum absolute atomic E-state index is 12.5. The Kier molecular flexibility index (Phi) is 4.06. The van der Waals surface area contributed by atoms with E-state index in [2.05, 4.69) is 4.98 Å². The van der Waals surface area contributed by atoms with Gasteiger partial charge in [-0.05, 0) is 31.2 Å². The summed E-state index contributed by atoms with van der Waals surface area (Å²) in [4.78, 5) is 28.2. The summed E-state index contributed by atoms with van der Waals surface area (Å²) in [6.45, 7) is 1.64. The second kappa shape index (κ2) is 6.04. The first-order chi connectivity index (χ1) is 11.4. The van der Waals surface area contributed by atoms with Crippen LogP contribution < -0.4 is 0 Å². The summed E-state index contributed by atoms with van der Waals surface area (Å²) in [5.74, 6) is -1.20. The van der Waals surface area contributed by atoms with Crippen molar-refractivity contribution < 1.29 is 22.7 Å². The van der Waals surface area contributed by atoms with E-state index in [0.29, 0.717) is 0 Å². The van der Waals surface area contributed by atoms with Crippen molar-refractivity contribution in [2.24, 2.45) is 0 Å². The molecule has 0 unspecified atom stereocenters. The smallest absolute Gasteiger partial charge is 0.356 e. The number of ether oxygens (including phenoxy) is 1. The Morgan fingerprint density at radius 2 is 1.92 bits per heavy atom. The molecule has 3 rings (SSSR count). The van der Waals surface area contributed by atoms with E-state index in [-0.39, 0.29) is 35.0 Å². The molecule has 1 amide bonds. The van der Waals surface area contributed by atoms with Crippen molar-refractivity contribution in [2.75, 3.05) is 6.61 Å². The van der Waals surface area contributed by atoms with Gasteiger partial charge < -0.3 is 4.74 Å². The van der Waals surface area contributed by atoms with E-state index in [4.69, 9.17) is 4.74 Å². The van der Waals surface area contributed by atoms with Gasteiger partial charge in [-0.2, -0.15) is 0 Å². The number of rotatable bonds is 4. The third-order valence-electron chi connectivity index (χ3n) is 3.51. The third-order valence-corrected chi connectivity index (χ3v) is 5.30. The van der Waals surface area contributed by atoms with Crippen LogP contribution in [0, 0.1) is 0 Å². The lowest BCUT2D eigenvalue weighted by atomic mass is 10.2. The van der Waals surface area contributed by atoms with Gasteiger partial charge in [0.1, 0.15) is 10.6 Å². The molecule has 8 heteroatoms. The predicted molar refractivity (Wildman–Crippen MR) is 83.7 cm³/mol. The molecule has 0 N–H and O–H groups in total. The van der Waals surface area contributed by atoms with Crippen molar-refractivity contribution in [1.82, 2.24) is 9.29 Å². The number of pyridine rings is 1. The van der Waals surface area contributed by atoms with E-state index < -0.39 is 21.9 Å². The zero-order chi connectivity index (χ0) is 17.3. The number of hydrogen-bond acceptors (Lipinski definition) is 6. The number of carbonyl (C=O) groups excluding carboxylic acids is 2. The van der Waals surface area contributed by atoms with Crippen LogP contribution in [-0.2, 0) is 21.3 Å². The quantitative estimate of drug-likeness (QED) is 0.781. The van der Waals surface area contributed by atoms with Crippen molar-refractivity contribution in [3.63, 3.8) is 0 Å². The molecular formula is C16H14N2O5S. The summed E-state index contributed by atoms with van der Waals surface area (Å²) in [6, 6.07) is 10.6. The fourth-order valence-electron chi connectivity index (χ4n) is 2.42. The van der Waals surface area contributed by atoms with E-state index in [0.717, 1.165) is 4.31 Å². The van der Waals surface area contributed by atoms with Gasteiger partial charge in [-0.25, -0.2) is 22.5 Å². The molecule has 24 heavy (non-hydrogen) atoms. The molecule has 124 valence electrons. The number of carbonyl (C=O) groups is 2. The number of sulfonamides is 1. The standard InChI is InChI=1S/C16H14N2O5S/c1-2-23-16(20)13-8-5-6-11(17-13)10-18-15(19)12-7-3-4-9-14(12)24(18,21)22/h3-9H,2,10H2,1H3. The van der Waals surface area contributed by atoms with Crippen LogP contribution in [0.1, 0.15) is 33.5 Å². The Morgan fingerprint density at radius 3 is 2.62 bits per heavy atom. The number of esters is 1. The third kappa shape index (κ3) is 2.65. The minimum Gasteiger partial charge on any atom is -0.461 e. The molecule has 0 atom stereocenters. The fraction of sp³-hybridized carbons (Fsp3) is 0.188. The Balaban J connectivity index is 1.92. The minimum absolute atomic E-state index is 0.0171. The van der Waals surface area contributed by atoms with Gasteiger partial charge in [0.15, 0.2) is 0 Å². The predicted octanol–water partition coefficient (Wildman–Crippen LogP) is 1.60. The van der Waals surface area contributed by atoms with E-state index in [1.165, 1.54) is 18.2 Å². The molecule has 1 aliphatic rings. The Hall–Kier alpha value is -2.74. The van der Waals surface area contributed by atoms with Crippen LogP contribution in [0.5, 0.6) is 0 Å². The molecule has 0 aliphatic carbocycles. The molecule has 0 spiro atoms. The van der Waals surface area contributed by atoms with Crippen molar-refractivity contribution >= 4 is 21.9 Å².